The summed E-state index contributed by atoms with van der Waals surface area (Å²) in [7, 11) is 0. The number of hydrogen-bond acceptors (Lipinski definition) is 1. The van der Waals surface area contributed by atoms with Gasteiger partial charge in [-0.2, -0.15) is 0 Å². The highest BCUT2D eigenvalue weighted by molar-refractivity contribution is 5.28. The molecule has 0 radical (unpaired) electrons. The van der Waals surface area contributed by atoms with Gasteiger partial charge in [0.1, 0.15) is 0 Å². The molecule has 0 spiro atoms. The van der Waals surface area contributed by atoms with Gasteiger partial charge in [-0.25, -0.2) is 0 Å². The van der Waals surface area contributed by atoms with Crippen LogP contribution in [0.15, 0.2) is 23.3 Å². The molecule has 0 aliphatic heterocycles. The molecular weight excluding hydrogens is 148 g/mol. The fraction of sp³-hybridized carbons (Fsp3) is 0.636. The van der Waals surface area contributed by atoms with Gasteiger partial charge in [0.15, 0.2) is 0 Å². The zero-order chi connectivity index (χ0) is 8.39. The van der Waals surface area contributed by atoms with E-state index in [1.165, 1.54) is 25.7 Å². The van der Waals surface area contributed by atoms with E-state index in [0.717, 1.165) is 12.3 Å². The monoisotopic (exact) mass is 164 g/mol. The summed E-state index contributed by atoms with van der Waals surface area (Å²) >= 11 is 0. The number of rotatable bonds is 2. The van der Waals surface area contributed by atoms with Gasteiger partial charge in [0.05, 0.1) is 0 Å². The topological polar surface area (TPSA) is 20.2 Å². The van der Waals surface area contributed by atoms with E-state index in [0.29, 0.717) is 6.61 Å². The minimum Gasteiger partial charge on any atom is -0.396 e. The Labute approximate surface area is 73.8 Å². The minimum atomic E-state index is 0.360. The first-order valence-electron chi connectivity index (χ1n) is 4.86. The van der Waals surface area contributed by atoms with E-state index >= 15 is 0 Å². The van der Waals surface area contributed by atoms with Crippen molar-refractivity contribution >= 4 is 0 Å². The lowest BCUT2D eigenvalue weighted by molar-refractivity contribution is 0.259. The number of allylic oxidation sites excluding steroid dienone is 4. The highest BCUT2D eigenvalue weighted by Crippen LogP contribution is 2.39. The Hall–Kier alpha value is -0.560. The molecular formula is C11H16O. The molecule has 0 fully saturated rings. The van der Waals surface area contributed by atoms with Gasteiger partial charge in [-0.05, 0) is 38.0 Å². The van der Waals surface area contributed by atoms with E-state index < -0.39 is 0 Å². The van der Waals surface area contributed by atoms with Crippen LogP contribution in [0.1, 0.15) is 32.1 Å². The van der Waals surface area contributed by atoms with Gasteiger partial charge in [0.25, 0.3) is 0 Å². The van der Waals surface area contributed by atoms with Gasteiger partial charge >= 0.3 is 0 Å². The first-order valence-corrected chi connectivity index (χ1v) is 4.86. The minimum absolute atomic E-state index is 0.360. The standard InChI is InChI=1S/C11H16O/c12-6-5-9-7-10-3-1-2-4-11(10)8-9/h1-2,9,12H,3-8H2. The molecule has 1 nitrogen and oxygen atoms in total. The Morgan fingerprint density at radius 1 is 1.17 bits per heavy atom. The molecule has 2 aliphatic carbocycles. The smallest absolute Gasteiger partial charge is 0.0433 e. The fourth-order valence-corrected chi connectivity index (χ4v) is 2.35. The summed E-state index contributed by atoms with van der Waals surface area (Å²) in [4.78, 5) is 0. The second-order valence-electron chi connectivity index (χ2n) is 3.87. The predicted octanol–water partition coefficient (Wildman–Crippen LogP) is 2.43. The Bertz CT molecular complexity index is 205. The SMILES string of the molecule is OCCC1CC2=C(CC=CC2)C1. The first kappa shape index (κ1) is 8.06. The fourth-order valence-electron chi connectivity index (χ4n) is 2.35. The highest BCUT2D eigenvalue weighted by Gasteiger charge is 2.23. The van der Waals surface area contributed by atoms with Crippen molar-refractivity contribution in [3.63, 3.8) is 0 Å². The van der Waals surface area contributed by atoms with Crippen LogP contribution in [0.4, 0.5) is 0 Å². The summed E-state index contributed by atoms with van der Waals surface area (Å²) in [6.45, 7) is 0.360. The number of hydrogen-bond donors (Lipinski definition) is 1. The van der Waals surface area contributed by atoms with E-state index in [-0.39, 0.29) is 0 Å². The van der Waals surface area contributed by atoms with Crippen LogP contribution in [-0.2, 0) is 0 Å². The largest absolute Gasteiger partial charge is 0.396 e. The Morgan fingerprint density at radius 3 is 2.25 bits per heavy atom. The predicted molar refractivity (Wildman–Crippen MR) is 49.8 cm³/mol. The van der Waals surface area contributed by atoms with Crippen LogP contribution in [0.5, 0.6) is 0 Å². The molecule has 0 saturated carbocycles. The van der Waals surface area contributed by atoms with Crippen molar-refractivity contribution in [3.05, 3.63) is 23.3 Å². The van der Waals surface area contributed by atoms with Crippen LogP contribution in [0, 0.1) is 5.92 Å². The molecule has 0 amide bonds. The van der Waals surface area contributed by atoms with E-state index in [1.807, 2.05) is 0 Å². The summed E-state index contributed by atoms with van der Waals surface area (Å²) in [5.74, 6) is 0.750. The molecule has 0 heterocycles. The first-order chi connectivity index (χ1) is 5.90. The average molecular weight is 164 g/mol. The van der Waals surface area contributed by atoms with Crippen LogP contribution in [0.2, 0.25) is 0 Å². The van der Waals surface area contributed by atoms with Crippen LogP contribution >= 0.6 is 0 Å². The lowest BCUT2D eigenvalue weighted by Crippen LogP contribution is -1.98. The second-order valence-corrected chi connectivity index (χ2v) is 3.87. The van der Waals surface area contributed by atoms with Crippen LogP contribution < -0.4 is 0 Å². The summed E-state index contributed by atoms with van der Waals surface area (Å²) in [5, 5.41) is 8.83. The Kier molecular flexibility index (Phi) is 2.31. The molecule has 0 aromatic rings. The molecule has 1 heteroatoms. The third kappa shape index (κ3) is 1.46. The highest BCUT2D eigenvalue weighted by atomic mass is 16.3. The quantitative estimate of drug-likeness (QED) is 0.621. The third-order valence-corrected chi connectivity index (χ3v) is 3.00. The van der Waals surface area contributed by atoms with Crippen molar-refractivity contribution < 1.29 is 5.11 Å². The molecule has 2 aliphatic rings. The number of aliphatic hydroxyl groups is 1. The molecule has 0 aromatic heterocycles. The Morgan fingerprint density at radius 2 is 1.75 bits per heavy atom. The normalized spacial score (nSPS) is 23.4. The van der Waals surface area contributed by atoms with Crippen molar-refractivity contribution in [1.82, 2.24) is 0 Å². The maximum absolute atomic E-state index is 8.83. The average Bonchev–Trinajstić information content (AvgIpc) is 2.47. The van der Waals surface area contributed by atoms with Gasteiger partial charge < -0.3 is 5.11 Å². The molecule has 0 bridgehead atoms. The Balaban J connectivity index is 1.94. The second kappa shape index (κ2) is 3.44. The van der Waals surface area contributed by atoms with Crippen molar-refractivity contribution in [1.29, 1.82) is 0 Å². The molecule has 0 unspecified atom stereocenters. The lowest BCUT2D eigenvalue weighted by Gasteiger charge is -2.06. The molecule has 1 N–H and O–H groups in total. The molecule has 2 rings (SSSR count). The van der Waals surface area contributed by atoms with Crippen molar-refractivity contribution in [2.45, 2.75) is 32.1 Å². The lowest BCUT2D eigenvalue weighted by atomic mass is 10.0. The van der Waals surface area contributed by atoms with Gasteiger partial charge in [-0.3, -0.25) is 0 Å². The van der Waals surface area contributed by atoms with Crippen LogP contribution in [0.3, 0.4) is 0 Å². The number of aliphatic hydroxyl groups excluding tert-OH is 1. The van der Waals surface area contributed by atoms with Crippen molar-refractivity contribution in [2.24, 2.45) is 5.92 Å². The van der Waals surface area contributed by atoms with Gasteiger partial charge in [-0.15, -0.1) is 0 Å². The molecule has 0 saturated heterocycles. The zero-order valence-corrected chi connectivity index (χ0v) is 7.42. The summed E-state index contributed by atoms with van der Waals surface area (Å²) in [6, 6.07) is 0. The van der Waals surface area contributed by atoms with Crippen LogP contribution in [0.25, 0.3) is 0 Å². The molecule has 12 heavy (non-hydrogen) atoms. The van der Waals surface area contributed by atoms with E-state index in [4.69, 9.17) is 5.11 Å². The van der Waals surface area contributed by atoms with Gasteiger partial charge in [0.2, 0.25) is 0 Å². The maximum Gasteiger partial charge on any atom is 0.0433 e. The summed E-state index contributed by atoms with van der Waals surface area (Å²) in [5.41, 5.74) is 3.33. The van der Waals surface area contributed by atoms with E-state index in [2.05, 4.69) is 12.2 Å². The van der Waals surface area contributed by atoms with E-state index in [9.17, 15) is 0 Å². The van der Waals surface area contributed by atoms with Gasteiger partial charge in [0, 0.05) is 6.61 Å². The summed E-state index contributed by atoms with van der Waals surface area (Å²) < 4.78 is 0. The molecule has 66 valence electrons. The third-order valence-electron chi connectivity index (χ3n) is 3.00. The van der Waals surface area contributed by atoms with Crippen molar-refractivity contribution in [3.8, 4) is 0 Å². The molecule has 0 atom stereocenters. The van der Waals surface area contributed by atoms with Crippen LogP contribution in [-0.4, -0.2) is 11.7 Å². The van der Waals surface area contributed by atoms with E-state index in [1.54, 1.807) is 11.1 Å². The van der Waals surface area contributed by atoms with Gasteiger partial charge in [-0.1, -0.05) is 23.3 Å². The summed E-state index contributed by atoms with van der Waals surface area (Å²) in [6.07, 6.45) is 10.4. The van der Waals surface area contributed by atoms with Crippen molar-refractivity contribution in [2.75, 3.05) is 6.61 Å². The maximum atomic E-state index is 8.83. The zero-order valence-electron chi connectivity index (χ0n) is 7.42. The molecule has 0 aromatic carbocycles.